The number of ether oxygens (including phenoxy) is 1. The summed E-state index contributed by atoms with van der Waals surface area (Å²) in [5.74, 6) is 0.684. The molecular formula is C31H36N2O4. The van der Waals surface area contributed by atoms with Gasteiger partial charge in [-0.2, -0.15) is 0 Å². The third kappa shape index (κ3) is 2.50. The molecule has 8 rings (SSSR count). The second-order valence-corrected chi connectivity index (χ2v) is 13.3. The number of hydrogen-bond donors (Lipinski definition) is 3. The maximum atomic E-state index is 11.8. The molecule has 3 spiro atoms. The summed E-state index contributed by atoms with van der Waals surface area (Å²) in [6.07, 6.45) is 10.9. The minimum atomic E-state index is -0.745. The molecule has 1 aromatic carbocycles. The van der Waals surface area contributed by atoms with E-state index in [1.165, 1.54) is 16.7 Å². The first kappa shape index (κ1) is 22.7. The summed E-state index contributed by atoms with van der Waals surface area (Å²) in [6.45, 7) is 2.42. The number of hydrogen-bond acceptors (Lipinski definition) is 5. The van der Waals surface area contributed by atoms with E-state index in [0.29, 0.717) is 11.8 Å². The van der Waals surface area contributed by atoms with Gasteiger partial charge in [0.05, 0.1) is 23.4 Å². The number of nitrogens with zero attached hydrogens (tertiary/aromatic N) is 1. The summed E-state index contributed by atoms with van der Waals surface area (Å²) >= 11 is 0. The Balaban J connectivity index is 1.20. The smallest absolute Gasteiger partial charge is 0.248 e. The van der Waals surface area contributed by atoms with Crippen molar-refractivity contribution in [2.75, 3.05) is 14.1 Å². The number of benzene rings is 1. The first-order chi connectivity index (χ1) is 17.7. The van der Waals surface area contributed by atoms with E-state index in [0.717, 1.165) is 49.3 Å². The lowest BCUT2D eigenvalue weighted by molar-refractivity contribution is -0.248. The van der Waals surface area contributed by atoms with Gasteiger partial charge in [-0.1, -0.05) is 31.2 Å². The van der Waals surface area contributed by atoms with Crippen molar-refractivity contribution < 1.29 is 14.9 Å². The number of allylic oxidation sites excluding steroid dienone is 3. The van der Waals surface area contributed by atoms with Crippen molar-refractivity contribution in [3.8, 4) is 0 Å². The normalized spacial score (nSPS) is 47.1. The average Bonchev–Trinajstić information content (AvgIpc) is 3.40. The van der Waals surface area contributed by atoms with E-state index in [-0.39, 0.29) is 33.6 Å². The summed E-state index contributed by atoms with van der Waals surface area (Å²) in [4.78, 5) is 16.7. The van der Waals surface area contributed by atoms with Gasteiger partial charge in [-0.05, 0) is 92.1 Å². The summed E-state index contributed by atoms with van der Waals surface area (Å²) in [7, 11) is 4.01. The lowest BCUT2D eigenvalue weighted by Crippen LogP contribution is -2.67. The number of rotatable bonds is 2. The molecule has 6 heteroatoms. The fraction of sp³-hybridized carbons (Fsp3) is 0.581. The van der Waals surface area contributed by atoms with E-state index in [9.17, 15) is 15.0 Å². The minimum absolute atomic E-state index is 0.0342. The van der Waals surface area contributed by atoms with Crippen LogP contribution in [0.4, 0.5) is 0 Å². The zero-order valence-corrected chi connectivity index (χ0v) is 21.8. The number of fused-ring (bicyclic) bond motifs is 3. The topological polar surface area (TPSA) is 85.8 Å². The summed E-state index contributed by atoms with van der Waals surface area (Å²) in [6, 6.07) is 8.01. The number of aromatic nitrogens is 1. The number of pyridine rings is 1. The van der Waals surface area contributed by atoms with Crippen LogP contribution in [0.1, 0.15) is 51.0 Å². The second kappa shape index (κ2) is 6.84. The Hall–Kier alpha value is -2.25. The third-order valence-electron chi connectivity index (χ3n) is 11.7. The van der Waals surface area contributed by atoms with Gasteiger partial charge in [0.25, 0.3) is 0 Å². The molecule has 0 amide bonds. The highest BCUT2D eigenvalue weighted by Gasteiger charge is 2.84. The molecule has 9 unspecified atom stereocenters. The van der Waals surface area contributed by atoms with Gasteiger partial charge in [0.1, 0.15) is 0 Å². The van der Waals surface area contributed by atoms with Crippen LogP contribution in [-0.2, 0) is 4.74 Å². The van der Waals surface area contributed by atoms with Crippen LogP contribution in [0.25, 0.3) is 16.3 Å². The predicted molar refractivity (Wildman–Crippen MR) is 142 cm³/mol. The molecule has 9 atom stereocenters. The number of H-pyrrole nitrogens is 1. The highest BCUT2D eigenvalue weighted by atomic mass is 16.5. The zero-order chi connectivity index (χ0) is 25.5. The van der Waals surface area contributed by atoms with Gasteiger partial charge < -0.3 is 24.8 Å². The molecule has 37 heavy (non-hydrogen) atoms. The van der Waals surface area contributed by atoms with Crippen LogP contribution in [0.2, 0.25) is 0 Å². The van der Waals surface area contributed by atoms with Gasteiger partial charge in [0.2, 0.25) is 5.56 Å². The van der Waals surface area contributed by atoms with Crippen molar-refractivity contribution in [3.63, 3.8) is 0 Å². The van der Waals surface area contributed by atoms with Gasteiger partial charge in [-0.25, -0.2) is 0 Å². The summed E-state index contributed by atoms with van der Waals surface area (Å²) in [5, 5.41) is 24.6. The van der Waals surface area contributed by atoms with E-state index in [2.05, 4.69) is 47.2 Å². The number of nitrogens with one attached hydrogen (secondary N) is 1. The number of aromatic amines is 1. The maximum absolute atomic E-state index is 11.8. The monoisotopic (exact) mass is 500 g/mol. The first-order valence-electron chi connectivity index (χ1n) is 13.9. The summed E-state index contributed by atoms with van der Waals surface area (Å²) in [5.41, 5.74) is 2.95. The Morgan fingerprint density at radius 1 is 1.08 bits per heavy atom. The SMILES string of the molecule is CN(C)C1CC23CCC4(O2)C(=CCC2(C)C(c5ccc6cc(=O)[nH]cc6c5)=CCC24)C2CC23C(O)C1O. The number of likely N-dealkylation sites (N-methyl/N-ethyl adjacent to an activating group) is 1. The van der Waals surface area contributed by atoms with Crippen molar-refractivity contribution in [2.45, 2.75) is 74.9 Å². The second-order valence-electron chi connectivity index (χ2n) is 13.3. The molecule has 0 radical (unpaired) electrons. The molecule has 2 saturated heterocycles. The maximum Gasteiger partial charge on any atom is 0.248 e. The van der Waals surface area contributed by atoms with Crippen LogP contribution < -0.4 is 5.56 Å². The molecule has 1 aromatic heterocycles. The van der Waals surface area contributed by atoms with Crippen LogP contribution in [0.3, 0.4) is 0 Å². The van der Waals surface area contributed by atoms with Gasteiger partial charge in [0.15, 0.2) is 0 Å². The van der Waals surface area contributed by atoms with Gasteiger partial charge in [0, 0.05) is 35.1 Å². The van der Waals surface area contributed by atoms with Crippen LogP contribution in [0.5, 0.6) is 0 Å². The van der Waals surface area contributed by atoms with Crippen LogP contribution in [0.15, 0.2) is 53.0 Å². The molecule has 3 heterocycles. The molecule has 2 bridgehead atoms. The molecule has 3 N–H and O–H groups in total. The molecule has 2 aromatic rings. The third-order valence-corrected chi connectivity index (χ3v) is 11.7. The van der Waals surface area contributed by atoms with Crippen LogP contribution in [0, 0.1) is 22.7 Å². The van der Waals surface area contributed by atoms with Gasteiger partial charge in [-0.3, -0.25) is 4.79 Å². The lowest BCUT2D eigenvalue weighted by atomic mass is 9.57. The Labute approximate surface area is 217 Å². The molecule has 4 aliphatic carbocycles. The summed E-state index contributed by atoms with van der Waals surface area (Å²) < 4.78 is 7.43. The predicted octanol–water partition coefficient (Wildman–Crippen LogP) is 3.63. The molecule has 2 saturated carbocycles. The molecule has 4 fully saturated rings. The molecule has 6 aliphatic rings. The van der Waals surface area contributed by atoms with Crippen molar-refractivity contribution in [1.29, 1.82) is 0 Å². The highest BCUT2D eigenvalue weighted by Crippen LogP contribution is 2.81. The first-order valence-corrected chi connectivity index (χ1v) is 13.9. The fourth-order valence-corrected chi connectivity index (χ4v) is 9.96. The number of aliphatic hydroxyl groups excluding tert-OH is 2. The number of aliphatic hydroxyl groups is 2. The zero-order valence-electron chi connectivity index (χ0n) is 21.8. The molecule has 194 valence electrons. The van der Waals surface area contributed by atoms with Crippen LogP contribution >= 0.6 is 0 Å². The van der Waals surface area contributed by atoms with Crippen molar-refractivity contribution in [3.05, 3.63) is 64.1 Å². The standard InChI is InChI=1S/C31H36N2O4/c1-28-9-8-21-22-14-30(22)27(36)26(35)23(33(2)3)15-29(30)10-11-31(21,37-29)24(28)7-6-20(28)18-5-4-17-13-25(34)32-16-19(17)12-18/h4-6,8,12-13,16,22-24,26-27,35-36H,7,9-11,14-15H2,1-3H3,(H,32,34). The Bertz CT molecular complexity index is 1480. The van der Waals surface area contributed by atoms with E-state index in [1.807, 2.05) is 20.3 Å². The van der Waals surface area contributed by atoms with E-state index >= 15 is 0 Å². The quantitative estimate of drug-likeness (QED) is 0.549. The average molecular weight is 501 g/mol. The van der Waals surface area contributed by atoms with Crippen molar-refractivity contribution in [1.82, 2.24) is 9.88 Å². The van der Waals surface area contributed by atoms with Crippen LogP contribution in [-0.4, -0.2) is 63.6 Å². The Kier molecular flexibility index (Phi) is 4.20. The van der Waals surface area contributed by atoms with Gasteiger partial charge >= 0.3 is 0 Å². The van der Waals surface area contributed by atoms with E-state index in [4.69, 9.17) is 4.74 Å². The van der Waals surface area contributed by atoms with Crippen molar-refractivity contribution in [2.24, 2.45) is 22.7 Å². The van der Waals surface area contributed by atoms with Gasteiger partial charge in [-0.15, -0.1) is 0 Å². The minimum Gasteiger partial charge on any atom is -0.390 e. The van der Waals surface area contributed by atoms with Crippen molar-refractivity contribution >= 4 is 16.3 Å². The molecular weight excluding hydrogens is 464 g/mol. The van der Waals surface area contributed by atoms with E-state index < -0.39 is 12.2 Å². The largest absolute Gasteiger partial charge is 0.390 e. The fourth-order valence-electron chi connectivity index (χ4n) is 9.96. The Morgan fingerprint density at radius 3 is 2.73 bits per heavy atom. The molecule has 6 nitrogen and oxygen atoms in total. The highest BCUT2D eigenvalue weighted by molar-refractivity contribution is 5.87. The Morgan fingerprint density at radius 2 is 1.92 bits per heavy atom. The lowest BCUT2D eigenvalue weighted by Gasteiger charge is -2.59. The molecule has 2 aliphatic heterocycles. The van der Waals surface area contributed by atoms with E-state index in [1.54, 1.807) is 6.07 Å².